The van der Waals surface area contributed by atoms with E-state index >= 15 is 0 Å². The topological polar surface area (TPSA) is 68.6 Å². The van der Waals surface area contributed by atoms with Crippen LogP contribution in [0.4, 0.5) is 0 Å². The Kier molecular flexibility index (Phi) is 5.86. The summed E-state index contributed by atoms with van der Waals surface area (Å²) >= 11 is 0. The zero-order valence-electron chi connectivity index (χ0n) is 14.6. The lowest BCUT2D eigenvalue weighted by molar-refractivity contribution is -0.130. The first-order chi connectivity index (χ1) is 11.6. The molecule has 2 saturated heterocycles. The SMILES string of the molecule is Cc1cnn(C[C@@H]2CN([C@@H](C)C(=O)NC[C@@H]3CCCO3)CCO2)c1. The van der Waals surface area contributed by atoms with Crippen LogP contribution in [0.25, 0.3) is 0 Å². The van der Waals surface area contributed by atoms with Gasteiger partial charge in [0.1, 0.15) is 0 Å². The fourth-order valence-electron chi connectivity index (χ4n) is 3.31. The fourth-order valence-corrected chi connectivity index (χ4v) is 3.31. The summed E-state index contributed by atoms with van der Waals surface area (Å²) in [6.07, 6.45) is 6.24. The molecule has 1 aromatic heterocycles. The van der Waals surface area contributed by atoms with E-state index in [9.17, 15) is 4.79 Å². The van der Waals surface area contributed by atoms with Crippen LogP contribution in [0.2, 0.25) is 0 Å². The molecule has 24 heavy (non-hydrogen) atoms. The van der Waals surface area contributed by atoms with Crippen LogP contribution in [0, 0.1) is 6.92 Å². The van der Waals surface area contributed by atoms with Gasteiger partial charge in [0.2, 0.25) is 5.91 Å². The van der Waals surface area contributed by atoms with E-state index < -0.39 is 0 Å². The number of aryl methyl sites for hydroxylation is 1. The van der Waals surface area contributed by atoms with Crippen LogP contribution in [0.15, 0.2) is 12.4 Å². The molecule has 0 aliphatic carbocycles. The van der Waals surface area contributed by atoms with E-state index in [0.717, 1.165) is 38.1 Å². The molecule has 2 aliphatic heterocycles. The maximum absolute atomic E-state index is 12.4. The molecule has 0 spiro atoms. The monoisotopic (exact) mass is 336 g/mol. The van der Waals surface area contributed by atoms with Crippen molar-refractivity contribution < 1.29 is 14.3 Å². The lowest BCUT2D eigenvalue weighted by Gasteiger charge is -2.36. The highest BCUT2D eigenvalue weighted by Crippen LogP contribution is 2.13. The molecule has 0 unspecified atom stereocenters. The van der Waals surface area contributed by atoms with Crippen LogP contribution in [-0.2, 0) is 20.8 Å². The molecule has 1 amide bonds. The van der Waals surface area contributed by atoms with Crippen molar-refractivity contribution in [1.82, 2.24) is 20.0 Å². The molecule has 1 aromatic rings. The average Bonchev–Trinajstić information content (AvgIpc) is 3.24. The quantitative estimate of drug-likeness (QED) is 0.823. The van der Waals surface area contributed by atoms with Gasteiger partial charge in [-0.3, -0.25) is 14.4 Å². The summed E-state index contributed by atoms with van der Waals surface area (Å²) in [5.74, 6) is 0.0704. The third kappa shape index (κ3) is 4.55. The second kappa shape index (κ2) is 8.09. The van der Waals surface area contributed by atoms with Gasteiger partial charge in [-0.15, -0.1) is 0 Å². The maximum Gasteiger partial charge on any atom is 0.237 e. The van der Waals surface area contributed by atoms with Crippen LogP contribution in [-0.4, -0.2) is 71.7 Å². The van der Waals surface area contributed by atoms with Gasteiger partial charge in [0.15, 0.2) is 0 Å². The largest absolute Gasteiger partial charge is 0.376 e. The first-order valence-electron chi connectivity index (χ1n) is 8.86. The summed E-state index contributed by atoms with van der Waals surface area (Å²) in [6.45, 7) is 8.31. The van der Waals surface area contributed by atoms with E-state index in [2.05, 4.69) is 15.3 Å². The summed E-state index contributed by atoms with van der Waals surface area (Å²) in [5.41, 5.74) is 1.14. The van der Waals surface area contributed by atoms with E-state index in [1.807, 2.05) is 30.9 Å². The third-order valence-corrected chi connectivity index (χ3v) is 4.78. The molecule has 7 nitrogen and oxygen atoms in total. The van der Waals surface area contributed by atoms with Gasteiger partial charge < -0.3 is 14.8 Å². The Labute approximate surface area is 143 Å². The lowest BCUT2D eigenvalue weighted by atomic mass is 10.2. The zero-order chi connectivity index (χ0) is 16.9. The second-order valence-corrected chi connectivity index (χ2v) is 6.78. The zero-order valence-corrected chi connectivity index (χ0v) is 14.6. The van der Waals surface area contributed by atoms with Gasteiger partial charge in [0.25, 0.3) is 0 Å². The number of carbonyl (C=O) groups is 1. The first-order valence-corrected chi connectivity index (χ1v) is 8.86. The summed E-state index contributed by atoms with van der Waals surface area (Å²) in [6, 6.07) is -0.155. The van der Waals surface area contributed by atoms with E-state index in [1.54, 1.807) is 0 Å². The van der Waals surface area contributed by atoms with Crippen molar-refractivity contribution in [2.45, 2.75) is 51.5 Å². The maximum atomic E-state index is 12.4. The molecule has 3 rings (SSSR count). The highest BCUT2D eigenvalue weighted by atomic mass is 16.5. The van der Waals surface area contributed by atoms with Crippen LogP contribution in [0.5, 0.6) is 0 Å². The molecule has 2 fully saturated rings. The van der Waals surface area contributed by atoms with E-state index in [-0.39, 0.29) is 24.2 Å². The Morgan fingerprint density at radius 2 is 2.25 bits per heavy atom. The molecule has 2 aliphatic rings. The van der Waals surface area contributed by atoms with Gasteiger partial charge in [-0.2, -0.15) is 5.10 Å². The summed E-state index contributed by atoms with van der Waals surface area (Å²) in [4.78, 5) is 14.6. The van der Waals surface area contributed by atoms with Gasteiger partial charge in [0, 0.05) is 32.4 Å². The van der Waals surface area contributed by atoms with Gasteiger partial charge in [-0.05, 0) is 32.3 Å². The van der Waals surface area contributed by atoms with Crippen molar-refractivity contribution in [3.63, 3.8) is 0 Å². The number of rotatable bonds is 6. The molecule has 7 heteroatoms. The number of aromatic nitrogens is 2. The van der Waals surface area contributed by atoms with Crippen molar-refractivity contribution in [3.05, 3.63) is 18.0 Å². The molecule has 1 N–H and O–H groups in total. The Balaban J connectivity index is 1.46. The molecule has 3 heterocycles. The molecular weight excluding hydrogens is 308 g/mol. The Hall–Kier alpha value is -1.44. The van der Waals surface area contributed by atoms with E-state index in [1.165, 1.54) is 0 Å². The van der Waals surface area contributed by atoms with Gasteiger partial charge >= 0.3 is 0 Å². The number of nitrogens with zero attached hydrogens (tertiary/aromatic N) is 3. The normalized spacial score (nSPS) is 26.4. The molecule has 3 atom stereocenters. The van der Waals surface area contributed by atoms with E-state index in [0.29, 0.717) is 19.7 Å². The minimum atomic E-state index is -0.155. The van der Waals surface area contributed by atoms with Crippen molar-refractivity contribution in [1.29, 1.82) is 0 Å². The minimum absolute atomic E-state index is 0.0615. The Morgan fingerprint density at radius 1 is 1.42 bits per heavy atom. The molecule has 134 valence electrons. The number of ether oxygens (including phenoxy) is 2. The summed E-state index contributed by atoms with van der Waals surface area (Å²) in [7, 11) is 0. The van der Waals surface area contributed by atoms with Crippen LogP contribution in [0.3, 0.4) is 0 Å². The van der Waals surface area contributed by atoms with Gasteiger partial charge in [-0.25, -0.2) is 0 Å². The molecule has 0 bridgehead atoms. The predicted molar refractivity (Wildman–Crippen MR) is 89.7 cm³/mol. The first kappa shape index (κ1) is 17.4. The Morgan fingerprint density at radius 3 is 2.96 bits per heavy atom. The average molecular weight is 336 g/mol. The molecule has 0 radical (unpaired) electrons. The molecular formula is C17H28N4O3. The third-order valence-electron chi connectivity index (χ3n) is 4.78. The second-order valence-electron chi connectivity index (χ2n) is 6.78. The van der Waals surface area contributed by atoms with Gasteiger partial charge in [-0.1, -0.05) is 0 Å². The minimum Gasteiger partial charge on any atom is -0.376 e. The number of hydrogen-bond donors (Lipinski definition) is 1. The number of morpholine rings is 1. The van der Waals surface area contributed by atoms with Crippen molar-refractivity contribution in [2.24, 2.45) is 0 Å². The van der Waals surface area contributed by atoms with Crippen molar-refractivity contribution in [2.75, 3.05) is 32.8 Å². The Bertz CT molecular complexity index is 542. The van der Waals surface area contributed by atoms with Crippen LogP contribution >= 0.6 is 0 Å². The predicted octanol–water partition coefficient (Wildman–Crippen LogP) is 0.576. The van der Waals surface area contributed by atoms with Gasteiger partial charge in [0.05, 0.1) is 37.6 Å². The van der Waals surface area contributed by atoms with E-state index in [4.69, 9.17) is 9.47 Å². The lowest BCUT2D eigenvalue weighted by Crippen LogP contribution is -2.53. The van der Waals surface area contributed by atoms with Crippen LogP contribution < -0.4 is 5.32 Å². The highest BCUT2D eigenvalue weighted by molar-refractivity contribution is 5.81. The molecule has 0 saturated carbocycles. The molecule has 0 aromatic carbocycles. The highest BCUT2D eigenvalue weighted by Gasteiger charge is 2.28. The summed E-state index contributed by atoms with van der Waals surface area (Å²) < 4.78 is 13.3. The van der Waals surface area contributed by atoms with Crippen molar-refractivity contribution >= 4 is 5.91 Å². The van der Waals surface area contributed by atoms with Crippen molar-refractivity contribution in [3.8, 4) is 0 Å². The number of amides is 1. The summed E-state index contributed by atoms with van der Waals surface area (Å²) in [5, 5.41) is 7.34. The number of hydrogen-bond acceptors (Lipinski definition) is 5. The standard InChI is InChI=1S/C17H28N4O3/c1-13-8-19-21(10-13)12-16-11-20(5-7-24-16)14(2)17(22)18-9-15-4-3-6-23-15/h8,10,14-16H,3-7,9,11-12H2,1-2H3,(H,18,22)/t14-,15-,16-/m0/s1. The van der Waals surface area contributed by atoms with Crippen LogP contribution in [0.1, 0.15) is 25.3 Å². The number of nitrogens with one attached hydrogen (secondary N) is 1. The fraction of sp³-hybridized carbons (Fsp3) is 0.765. The number of carbonyl (C=O) groups excluding carboxylic acids is 1. The smallest absolute Gasteiger partial charge is 0.237 e.